The third-order valence-corrected chi connectivity index (χ3v) is 3.70. The second-order valence-electron chi connectivity index (χ2n) is 5.44. The first kappa shape index (κ1) is 13.8. The lowest BCUT2D eigenvalue weighted by atomic mass is 10.1. The number of hydrogen-bond donors (Lipinski definition) is 0. The van der Waals surface area contributed by atoms with Crippen LogP contribution in [0.15, 0.2) is 54.7 Å². The molecule has 0 spiro atoms. The van der Waals surface area contributed by atoms with E-state index in [1.807, 2.05) is 12.1 Å². The summed E-state index contributed by atoms with van der Waals surface area (Å²) in [5.41, 5.74) is 4.54. The predicted octanol–water partition coefficient (Wildman–Crippen LogP) is 3.84. The number of nitrogens with zero attached hydrogens (tertiary/aromatic N) is 3. The summed E-state index contributed by atoms with van der Waals surface area (Å²) in [6, 6.07) is 16.6. The van der Waals surface area contributed by atoms with E-state index in [-0.39, 0.29) is 0 Å². The highest BCUT2D eigenvalue weighted by Crippen LogP contribution is 2.25. The van der Waals surface area contributed by atoms with E-state index in [0.29, 0.717) is 0 Å². The van der Waals surface area contributed by atoms with Crippen molar-refractivity contribution in [2.24, 2.45) is 0 Å². The lowest BCUT2D eigenvalue weighted by Crippen LogP contribution is -2.19. The lowest BCUT2D eigenvalue weighted by molar-refractivity contribution is 0.323. The third-order valence-electron chi connectivity index (χ3n) is 3.70. The van der Waals surface area contributed by atoms with E-state index in [4.69, 9.17) is 4.98 Å². The van der Waals surface area contributed by atoms with Crippen LogP contribution in [-0.2, 0) is 6.54 Å². The van der Waals surface area contributed by atoms with Gasteiger partial charge in [0.15, 0.2) is 0 Å². The second kappa shape index (κ2) is 6.10. The van der Waals surface area contributed by atoms with Gasteiger partial charge in [0.05, 0.1) is 11.4 Å². The van der Waals surface area contributed by atoms with Crippen LogP contribution in [0.2, 0.25) is 0 Å². The molecular weight excluding hydrogens is 258 g/mol. The molecule has 3 nitrogen and oxygen atoms in total. The molecule has 0 amide bonds. The fourth-order valence-corrected chi connectivity index (χ4v) is 2.74. The molecule has 2 aromatic heterocycles. The fourth-order valence-electron chi connectivity index (χ4n) is 2.74. The Morgan fingerprint density at radius 3 is 2.57 bits per heavy atom. The zero-order chi connectivity index (χ0) is 14.7. The molecule has 3 rings (SSSR count). The van der Waals surface area contributed by atoms with Crippen LogP contribution in [0.5, 0.6) is 0 Å². The largest absolute Gasteiger partial charge is 0.302 e. The number of fused-ring (bicyclic) bond motifs is 1. The molecule has 1 aromatic carbocycles. The number of hydrogen-bond acceptors (Lipinski definition) is 2. The summed E-state index contributed by atoms with van der Waals surface area (Å²) in [6.45, 7) is 4.21. The summed E-state index contributed by atoms with van der Waals surface area (Å²) in [5, 5.41) is 0. The number of benzene rings is 1. The van der Waals surface area contributed by atoms with Gasteiger partial charge in [-0.15, -0.1) is 0 Å². The Bertz CT molecular complexity index is 716. The summed E-state index contributed by atoms with van der Waals surface area (Å²) in [5.74, 6) is 0. The van der Waals surface area contributed by atoms with Gasteiger partial charge in [-0.05, 0) is 32.1 Å². The van der Waals surface area contributed by atoms with E-state index < -0.39 is 0 Å². The first-order valence-electron chi connectivity index (χ1n) is 7.49. The molecule has 0 unspecified atom stereocenters. The Morgan fingerprint density at radius 2 is 1.81 bits per heavy atom. The summed E-state index contributed by atoms with van der Waals surface area (Å²) in [4.78, 5) is 7.18. The summed E-state index contributed by atoms with van der Waals surface area (Å²) in [6.07, 6.45) is 3.26. The molecule has 3 aromatic rings. The lowest BCUT2D eigenvalue weighted by Gasteiger charge is -2.16. The molecule has 21 heavy (non-hydrogen) atoms. The zero-order valence-corrected chi connectivity index (χ0v) is 12.7. The van der Waals surface area contributed by atoms with E-state index in [9.17, 15) is 0 Å². The minimum absolute atomic E-state index is 0.906. The standard InChI is InChI=1S/C18H21N3/c1-3-12-20(2)14-16-18(15-9-5-4-6-10-15)19-17-11-7-8-13-21(16)17/h4-11,13H,3,12,14H2,1-2H3. The molecule has 0 fully saturated rings. The van der Waals surface area contributed by atoms with Crippen LogP contribution in [0, 0.1) is 0 Å². The number of rotatable bonds is 5. The molecule has 0 atom stereocenters. The Labute approximate surface area is 125 Å². The van der Waals surface area contributed by atoms with Crippen molar-refractivity contribution in [3.8, 4) is 11.3 Å². The van der Waals surface area contributed by atoms with E-state index >= 15 is 0 Å². The van der Waals surface area contributed by atoms with Gasteiger partial charge >= 0.3 is 0 Å². The molecular formula is C18H21N3. The smallest absolute Gasteiger partial charge is 0.137 e. The van der Waals surface area contributed by atoms with Gasteiger partial charge in [0.1, 0.15) is 5.65 Å². The van der Waals surface area contributed by atoms with Gasteiger partial charge in [0.25, 0.3) is 0 Å². The van der Waals surface area contributed by atoms with Crippen molar-refractivity contribution in [1.82, 2.24) is 14.3 Å². The van der Waals surface area contributed by atoms with Gasteiger partial charge in [0, 0.05) is 18.3 Å². The van der Waals surface area contributed by atoms with Crippen molar-refractivity contribution in [2.75, 3.05) is 13.6 Å². The van der Waals surface area contributed by atoms with Crippen LogP contribution in [0.3, 0.4) is 0 Å². The second-order valence-corrected chi connectivity index (χ2v) is 5.44. The summed E-state index contributed by atoms with van der Waals surface area (Å²) < 4.78 is 2.20. The Hall–Kier alpha value is -2.13. The van der Waals surface area contributed by atoms with Gasteiger partial charge in [-0.3, -0.25) is 0 Å². The molecule has 0 bridgehead atoms. The van der Waals surface area contributed by atoms with Crippen LogP contribution in [0.25, 0.3) is 16.9 Å². The molecule has 3 heteroatoms. The highest BCUT2D eigenvalue weighted by atomic mass is 15.1. The molecule has 108 valence electrons. The van der Waals surface area contributed by atoms with Crippen LogP contribution >= 0.6 is 0 Å². The monoisotopic (exact) mass is 279 g/mol. The minimum Gasteiger partial charge on any atom is -0.302 e. The van der Waals surface area contributed by atoms with Crippen LogP contribution in [-0.4, -0.2) is 27.9 Å². The average molecular weight is 279 g/mol. The number of pyridine rings is 1. The molecule has 2 heterocycles. The fraction of sp³-hybridized carbons (Fsp3) is 0.278. The summed E-state index contributed by atoms with van der Waals surface area (Å²) in [7, 11) is 2.17. The third kappa shape index (κ3) is 2.83. The van der Waals surface area contributed by atoms with E-state index in [0.717, 1.165) is 30.9 Å². The number of imidazole rings is 1. The van der Waals surface area contributed by atoms with E-state index in [1.165, 1.54) is 11.3 Å². The molecule has 0 radical (unpaired) electrons. The van der Waals surface area contributed by atoms with Gasteiger partial charge in [-0.25, -0.2) is 4.98 Å². The minimum atomic E-state index is 0.906. The maximum atomic E-state index is 4.83. The van der Waals surface area contributed by atoms with Gasteiger partial charge < -0.3 is 9.30 Å². The van der Waals surface area contributed by atoms with Crippen LogP contribution in [0.1, 0.15) is 19.0 Å². The van der Waals surface area contributed by atoms with E-state index in [2.05, 4.69) is 65.9 Å². The normalized spacial score (nSPS) is 11.4. The van der Waals surface area contributed by atoms with Crippen molar-refractivity contribution in [3.63, 3.8) is 0 Å². The predicted molar refractivity (Wildman–Crippen MR) is 87.3 cm³/mol. The maximum absolute atomic E-state index is 4.83. The van der Waals surface area contributed by atoms with Crippen molar-refractivity contribution < 1.29 is 0 Å². The van der Waals surface area contributed by atoms with Gasteiger partial charge in [0.2, 0.25) is 0 Å². The van der Waals surface area contributed by atoms with Crippen LogP contribution < -0.4 is 0 Å². The molecule has 0 aliphatic rings. The zero-order valence-electron chi connectivity index (χ0n) is 12.7. The first-order chi connectivity index (χ1) is 10.3. The molecule has 0 saturated carbocycles. The topological polar surface area (TPSA) is 20.5 Å². The Kier molecular flexibility index (Phi) is 4.02. The van der Waals surface area contributed by atoms with Crippen molar-refractivity contribution in [3.05, 3.63) is 60.4 Å². The first-order valence-corrected chi connectivity index (χ1v) is 7.49. The van der Waals surface area contributed by atoms with Crippen molar-refractivity contribution in [1.29, 1.82) is 0 Å². The highest BCUT2D eigenvalue weighted by Gasteiger charge is 2.14. The van der Waals surface area contributed by atoms with Gasteiger partial charge in [-0.1, -0.05) is 43.3 Å². The van der Waals surface area contributed by atoms with Crippen molar-refractivity contribution >= 4 is 5.65 Å². The van der Waals surface area contributed by atoms with Gasteiger partial charge in [-0.2, -0.15) is 0 Å². The summed E-state index contributed by atoms with van der Waals surface area (Å²) >= 11 is 0. The molecule has 0 saturated heterocycles. The van der Waals surface area contributed by atoms with Crippen LogP contribution in [0.4, 0.5) is 0 Å². The van der Waals surface area contributed by atoms with Crippen molar-refractivity contribution in [2.45, 2.75) is 19.9 Å². The molecule has 0 aliphatic heterocycles. The quantitative estimate of drug-likeness (QED) is 0.707. The number of aromatic nitrogens is 2. The molecule has 0 aliphatic carbocycles. The molecule has 0 N–H and O–H groups in total. The van der Waals surface area contributed by atoms with E-state index in [1.54, 1.807) is 0 Å². The SMILES string of the molecule is CCCN(C)Cc1c(-c2ccccc2)nc2ccccn12. The Balaban J connectivity index is 2.10. The highest BCUT2D eigenvalue weighted by molar-refractivity contribution is 5.66. The average Bonchev–Trinajstić information content (AvgIpc) is 2.87. The Morgan fingerprint density at radius 1 is 1.05 bits per heavy atom. The maximum Gasteiger partial charge on any atom is 0.137 e.